The van der Waals surface area contributed by atoms with Gasteiger partial charge in [-0.3, -0.25) is 0 Å². The molecule has 0 spiro atoms. The number of hydrogen-bond donors (Lipinski definition) is 2. The SMILES string of the molecule is CC(C)(C)C(O)C(C(O)c1c(F)c(F)nc(C(F)(F)F)c1F)C(F)(F)F.[Fe]. The van der Waals surface area contributed by atoms with Crippen molar-refractivity contribution in [1.82, 2.24) is 4.98 Å². The van der Waals surface area contributed by atoms with Gasteiger partial charge in [0.2, 0.25) is 5.95 Å². The van der Waals surface area contributed by atoms with Crippen molar-refractivity contribution in [3.05, 3.63) is 28.8 Å². The van der Waals surface area contributed by atoms with Gasteiger partial charge in [-0.2, -0.15) is 30.7 Å². The van der Waals surface area contributed by atoms with Crippen LogP contribution in [0.4, 0.5) is 39.5 Å². The molecule has 1 heterocycles. The second-order valence-electron chi connectivity index (χ2n) is 6.61. The summed E-state index contributed by atoms with van der Waals surface area (Å²) in [5.41, 5.74) is -6.43. The Hall–Kier alpha value is -1.04. The third-order valence-corrected chi connectivity index (χ3v) is 3.58. The summed E-state index contributed by atoms with van der Waals surface area (Å²) in [6.45, 7) is 3.26. The third-order valence-electron chi connectivity index (χ3n) is 3.58. The van der Waals surface area contributed by atoms with Crippen LogP contribution in [0.15, 0.2) is 0 Å². The van der Waals surface area contributed by atoms with Gasteiger partial charge in [0, 0.05) is 17.1 Å². The van der Waals surface area contributed by atoms with E-state index in [9.17, 15) is 49.7 Å². The first kappa shape index (κ1) is 26.0. The molecule has 1 aromatic rings. The molecule has 0 saturated carbocycles. The fourth-order valence-electron chi connectivity index (χ4n) is 2.23. The Morgan fingerprint density at radius 1 is 0.852 bits per heavy atom. The second kappa shape index (κ2) is 8.14. The van der Waals surface area contributed by atoms with Gasteiger partial charge in [-0.25, -0.2) is 13.8 Å². The van der Waals surface area contributed by atoms with E-state index < -0.39 is 64.7 Å². The summed E-state index contributed by atoms with van der Waals surface area (Å²) in [7, 11) is 0. The van der Waals surface area contributed by atoms with Gasteiger partial charge in [0.15, 0.2) is 17.3 Å². The Kier molecular flexibility index (Phi) is 7.82. The van der Waals surface area contributed by atoms with Gasteiger partial charge in [0.1, 0.15) is 5.92 Å². The molecule has 0 aliphatic heterocycles. The van der Waals surface area contributed by atoms with E-state index in [0.717, 1.165) is 20.8 Å². The number of pyridine rings is 1. The first-order valence-corrected chi connectivity index (χ1v) is 6.95. The zero-order chi connectivity index (χ0) is 20.8. The molecule has 3 nitrogen and oxygen atoms in total. The quantitative estimate of drug-likeness (QED) is 0.410. The summed E-state index contributed by atoms with van der Waals surface area (Å²) >= 11 is 0. The first-order valence-electron chi connectivity index (χ1n) is 6.95. The Morgan fingerprint density at radius 2 is 1.30 bits per heavy atom. The van der Waals surface area contributed by atoms with Crippen LogP contribution in [-0.4, -0.2) is 27.5 Å². The predicted octanol–water partition coefficient (Wildman–Crippen LogP) is 4.13. The van der Waals surface area contributed by atoms with Gasteiger partial charge in [-0.15, -0.1) is 0 Å². The van der Waals surface area contributed by atoms with Crippen molar-refractivity contribution < 1.29 is 66.8 Å². The van der Waals surface area contributed by atoms with Crippen LogP contribution in [0.3, 0.4) is 0 Å². The first-order chi connectivity index (χ1) is 11.4. The zero-order valence-electron chi connectivity index (χ0n) is 13.8. The van der Waals surface area contributed by atoms with E-state index >= 15 is 0 Å². The molecule has 0 saturated heterocycles. The molecule has 1 aromatic heterocycles. The summed E-state index contributed by atoms with van der Waals surface area (Å²) < 4.78 is 119. The van der Waals surface area contributed by atoms with Gasteiger partial charge in [-0.1, -0.05) is 20.8 Å². The topological polar surface area (TPSA) is 53.4 Å². The molecule has 0 aliphatic rings. The normalized spacial score (nSPS) is 16.5. The Labute approximate surface area is 158 Å². The van der Waals surface area contributed by atoms with Crippen LogP contribution >= 0.6 is 0 Å². The molecule has 3 atom stereocenters. The average molecular weight is 455 g/mol. The molecular formula is C14H14F9FeNO2. The summed E-state index contributed by atoms with van der Waals surface area (Å²) in [6, 6.07) is 0. The maximum atomic E-state index is 14.0. The number of halogens is 9. The van der Waals surface area contributed by atoms with Crippen LogP contribution in [0.5, 0.6) is 0 Å². The summed E-state index contributed by atoms with van der Waals surface area (Å²) in [5.74, 6) is -11.1. The fourth-order valence-corrected chi connectivity index (χ4v) is 2.23. The van der Waals surface area contributed by atoms with Crippen LogP contribution in [0.1, 0.15) is 38.1 Å². The number of nitrogens with zero attached hydrogens (tertiary/aromatic N) is 1. The Bertz CT molecular complexity index is 671. The smallest absolute Gasteiger partial charge is 0.392 e. The molecule has 0 fully saturated rings. The Balaban J connectivity index is 0.00000676. The monoisotopic (exact) mass is 455 g/mol. The molecule has 1 rings (SSSR count). The minimum absolute atomic E-state index is 0. The molecule has 0 aromatic carbocycles. The van der Waals surface area contributed by atoms with Crippen molar-refractivity contribution in [2.24, 2.45) is 11.3 Å². The van der Waals surface area contributed by atoms with Crippen molar-refractivity contribution in [3.63, 3.8) is 0 Å². The molecular weight excluding hydrogens is 441 g/mol. The van der Waals surface area contributed by atoms with Gasteiger partial charge in [-0.05, 0) is 5.41 Å². The Morgan fingerprint density at radius 3 is 1.63 bits per heavy atom. The number of rotatable bonds is 3. The van der Waals surface area contributed by atoms with E-state index in [1.54, 1.807) is 0 Å². The standard InChI is InChI=1S/C14H14F9NO2.Fe/c1-12(2,3)10(26)5(13(18,19)20)8(25)4-6(15)9(14(21,22)23)24-11(17)7(4)16;/h5,8,10,25-26H,1-3H3;. The van der Waals surface area contributed by atoms with Crippen molar-refractivity contribution >= 4 is 0 Å². The predicted molar refractivity (Wildman–Crippen MR) is 69.1 cm³/mol. The van der Waals surface area contributed by atoms with Gasteiger partial charge < -0.3 is 10.2 Å². The maximum Gasteiger partial charge on any atom is 0.436 e. The van der Waals surface area contributed by atoms with E-state index in [2.05, 4.69) is 0 Å². The summed E-state index contributed by atoms with van der Waals surface area (Å²) in [4.78, 5) is 2.01. The van der Waals surface area contributed by atoms with E-state index in [1.165, 1.54) is 0 Å². The average Bonchev–Trinajstić information content (AvgIpc) is 2.39. The third kappa shape index (κ3) is 5.49. The molecule has 158 valence electrons. The molecule has 3 unspecified atom stereocenters. The van der Waals surface area contributed by atoms with Crippen molar-refractivity contribution in [2.45, 2.75) is 45.3 Å². The number of aliphatic hydroxyl groups is 2. The molecule has 0 radical (unpaired) electrons. The molecule has 0 aliphatic carbocycles. The van der Waals surface area contributed by atoms with Crippen molar-refractivity contribution in [3.8, 4) is 0 Å². The van der Waals surface area contributed by atoms with E-state index in [1.807, 2.05) is 4.98 Å². The molecule has 2 N–H and O–H groups in total. The number of hydrogen-bond acceptors (Lipinski definition) is 3. The van der Waals surface area contributed by atoms with Crippen molar-refractivity contribution in [2.75, 3.05) is 0 Å². The van der Waals surface area contributed by atoms with Crippen LogP contribution in [0.2, 0.25) is 0 Å². The maximum absolute atomic E-state index is 14.0. The van der Waals surface area contributed by atoms with Gasteiger partial charge in [0.25, 0.3) is 0 Å². The van der Waals surface area contributed by atoms with E-state index in [4.69, 9.17) is 0 Å². The van der Waals surface area contributed by atoms with Crippen LogP contribution < -0.4 is 0 Å². The van der Waals surface area contributed by atoms with Crippen molar-refractivity contribution in [1.29, 1.82) is 0 Å². The zero-order valence-corrected chi connectivity index (χ0v) is 14.9. The molecule has 27 heavy (non-hydrogen) atoms. The minimum Gasteiger partial charge on any atom is -0.392 e. The minimum atomic E-state index is -5.66. The van der Waals surface area contributed by atoms with E-state index in [0.29, 0.717) is 0 Å². The summed E-state index contributed by atoms with van der Waals surface area (Å²) in [6.07, 6.45) is -17.0. The van der Waals surface area contributed by atoms with E-state index in [-0.39, 0.29) is 17.1 Å². The fraction of sp³-hybridized carbons (Fsp3) is 0.643. The van der Waals surface area contributed by atoms with Gasteiger partial charge in [0.05, 0.1) is 17.8 Å². The van der Waals surface area contributed by atoms with Crippen LogP contribution in [-0.2, 0) is 23.2 Å². The van der Waals surface area contributed by atoms with Crippen LogP contribution in [0, 0.1) is 28.9 Å². The molecule has 0 bridgehead atoms. The largest absolute Gasteiger partial charge is 0.436 e. The van der Waals surface area contributed by atoms with Crippen LogP contribution in [0.25, 0.3) is 0 Å². The second-order valence-corrected chi connectivity index (χ2v) is 6.61. The number of aliphatic hydroxyl groups excluding tert-OH is 2. The number of alkyl halides is 6. The molecule has 13 heteroatoms. The summed E-state index contributed by atoms with van der Waals surface area (Å²) in [5, 5.41) is 19.6. The van der Waals surface area contributed by atoms with Gasteiger partial charge >= 0.3 is 12.4 Å². The number of aromatic nitrogens is 1. The molecule has 0 amide bonds.